The van der Waals surface area contributed by atoms with Crippen molar-refractivity contribution in [3.8, 4) is 0 Å². The lowest BCUT2D eigenvalue weighted by molar-refractivity contribution is -0.120. The van der Waals surface area contributed by atoms with E-state index in [-0.39, 0.29) is 16.7 Å². The van der Waals surface area contributed by atoms with Crippen LogP contribution < -0.4 is 10.9 Å². The zero-order valence-corrected chi connectivity index (χ0v) is 16.3. The molecule has 5 nitrogen and oxygen atoms in total. The van der Waals surface area contributed by atoms with E-state index in [1.54, 1.807) is 22.0 Å². The number of hydrogen-bond donors (Lipinski definition) is 1. The van der Waals surface area contributed by atoms with Crippen LogP contribution in [-0.4, -0.2) is 27.3 Å². The lowest BCUT2D eigenvalue weighted by atomic mass is 9.97. The van der Waals surface area contributed by atoms with Crippen molar-refractivity contribution in [3.63, 3.8) is 0 Å². The Kier molecular flexibility index (Phi) is 5.64. The molecule has 0 saturated heterocycles. The molecule has 0 unspecified atom stereocenters. The SMILES string of the molecule is C=CCNC(=O)[C@H](C)Sc1nc2sc3c(c2c(=O)n1CC)CCCC3. The van der Waals surface area contributed by atoms with E-state index in [9.17, 15) is 9.59 Å². The number of rotatable bonds is 6. The molecule has 7 heteroatoms. The summed E-state index contributed by atoms with van der Waals surface area (Å²) < 4.78 is 1.70. The second-order valence-corrected chi connectivity index (χ2v) is 8.52. The summed E-state index contributed by atoms with van der Waals surface area (Å²) in [6.45, 7) is 8.37. The summed E-state index contributed by atoms with van der Waals surface area (Å²) in [6, 6.07) is 0. The van der Waals surface area contributed by atoms with Gasteiger partial charge in [0, 0.05) is 18.0 Å². The maximum Gasteiger partial charge on any atom is 0.263 e. The molecule has 2 heterocycles. The van der Waals surface area contributed by atoms with E-state index >= 15 is 0 Å². The zero-order chi connectivity index (χ0) is 18.0. The predicted octanol–water partition coefficient (Wildman–Crippen LogP) is 3.14. The molecular formula is C18H23N3O2S2. The highest BCUT2D eigenvalue weighted by atomic mass is 32.2. The molecule has 0 saturated carbocycles. The van der Waals surface area contributed by atoms with Gasteiger partial charge in [0.15, 0.2) is 5.16 Å². The van der Waals surface area contributed by atoms with Crippen LogP contribution in [0.5, 0.6) is 0 Å². The first-order valence-corrected chi connectivity index (χ1v) is 10.4. The minimum atomic E-state index is -0.323. The molecule has 1 atom stereocenters. The van der Waals surface area contributed by atoms with E-state index in [1.807, 2.05) is 13.8 Å². The maximum atomic E-state index is 13.0. The fraction of sp³-hybridized carbons (Fsp3) is 0.500. The van der Waals surface area contributed by atoms with Crippen LogP contribution in [0.1, 0.15) is 37.1 Å². The monoisotopic (exact) mass is 377 g/mol. The number of nitrogens with one attached hydrogen (secondary N) is 1. The third-order valence-corrected chi connectivity index (χ3v) is 6.70. The molecule has 134 valence electrons. The van der Waals surface area contributed by atoms with Gasteiger partial charge in [-0.15, -0.1) is 17.9 Å². The van der Waals surface area contributed by atoms with E-state index in [2.05, 4.69) is 11.9 Å². The Labute approximate surface area is 155 Å². The molecule has 1 aliphatic rings. The van der Waals surface area contributed by atoms with E-state index < -0.39 is 0 Å². The van der Waals surface area contributed by atoms with Gasteiger partial charge < -0.3 is 5.32 Å². The van der Waals surface area contributed by atoms with Crippen LogP contribution in [0.3, 0.4) is 0 Å². The van der Waals surface area contributed by atoms with Crippen molar-refractivity contribution in [2.24, 2.45) is 0 Å². The molecule has 1 aliphatic carbocycles. The summed E-state index contributed by atoms with van der Waals surface area (Å²) in [7, 11) is 0. The Balaban J connectivity index is 1.99. The van der Waals surface area contributed by atoms with Crippen LogP contribution in [0.15, 0.2) is 22.6 Å². The van der Waals surface area contributed by atoms with Gasteiger partial charge in [0.25, 0.3) is 5.56 Å². The lowest BCUT2D eigenvalue weighted by Crippen LogP contribution is -2.32. The van der Waals surface area contributed by atoms with Gasteiger partial charge in [0.2, 0.25) is 5.91 Å². The van der Waals surface area contributed by atoms with Crippen LogP contribution in [0.4, 0.5) is 0 Å². The van der Waals surface area contributed by atoms with E-state index in [1.165, 1.54) is 28.6 Å². The van der Waals surface area contributed by atoms with Gasteiger partial charge in [-0.05, 0) is 45.1 Å². The number of carbonyl (C=O) groups excluding carboxylic acids is 1. The number of thioether (sulfide) groups is 1. The Hall–Kier alpha value is -1.60. The van der Waals surface area contributed by atoms with Crippen molar-refractivity contribution in [1.82, 2.24) is 14.9 Å². The van der Waals surface area contributed by atoms with Crippen molar-refractivity contribution in [2.75, 3.05) is 6.54 Å². The number of aromatic nitrogens is 2. The zero-order valence-electron chi connectivity index (χ0n) is 14.6. The summed E-state index contributed by atoms with van der Waals surface area (Å²) in [5.41, 5.74) is 1.24. The largest absolute Gasteiger partial charge is 0.352 e. The number of amides is 1. The third kappa shape index (κ3) is 3.53. The standard InChI is InChI=1S/C18H23N3O2S2/c1-4-10-19-15(22)11(3)24-18-20-16-14(17(23)21(18)5-2)12-8-6-7-9-13(12)25-16/h4,11H,1,5-10H2,2-3H3,(H,19,22)/t11-/m0/s1. The number of aryl methyl sites for hydroxylation is 2. The topological polar surface area (TPSA) is 64.0 Å². The van der Waals surface area contributed by atoms with Crippen LogP contribution >= 0.6 is 23.1 Å². The van der Waals surface area contributed by atoms with Crippen molar-refractivity contribution in [1.29, 1.82) is 0 Å². The molecule has 0 radical (unpaired) electrons. The highest BCUT2D eigenvalue weighted by Crippen LogP contribution is 2.35. The quantitative estimate of drug-likeness (QED) is 0.477. The first-order valence-electron chi connectivity index (χ1n) is 8.67. The fourth-order valence-corrected chi connectivity index (χ4v) is 5.42. The molecule has 0 fully saturated rings. The number of hydrogen-bond acceptors (Lipinski definition) is 5. The molecule has 1 N–H and O–H groups in total. The van der Waals surface area contributed by atoms with Gasteiger partial charge in [0.05, 0.1) is 10.6 Å². The molecule has 25 heavy (non-hydrogen) atoms. The summed E-state index contributed by atoms with van der Waals surface area (Å²) in [5, 5.41) is 3.89. The van der Waals surface area contributed by atoms with Gasteiger partial charge in [-0.25, -0.2) is 4.98 Å². The molecule has 1 amide bonds. The smallest absolute Gasteiger partial charge is 0.263 e. The van der Waals surface area contributed by atoms with E-state index in [0.717, 1.165) is 29.5 Å². The molecule has 0 aliphatic heterocycles. The van der Waals surface area contributed by atoms with Gasteiger partial charge >= 0.3 is 0 Å². The molecule has 2 aromatic heterocycles. The van der Waals surface area contributed by atoms with Crippen molar-refractivity contribution in [3.05, 3.63) is 33.4 Å². The average molecular weight is 378 g/mol. The molecule has 0 spiro atoms. The highest BCUT2D eigenvalue weighted by molar-refractivity contribution is 8.00. The van der Waals surface area contributed by atoms with Gasteiger partial charge in [0.1, 0.15) is 4.83 Å². The van der Waals surface area contributed by atoms with Crippen molar-refractivity contribution < 1.29 is 4.79 Å². The van der Waals surface area contributed by atoms with E-state index in [4.69, 9.17) is 4.98 Å². The Bertz CT molecular complexity index is 869. The fourth-order valence-electron chi connectivity index (χ4n) is 3.12. The Morgan fingerprint density at radius 2 is 2.24 bits per heavy atom. The first-order chi connectivity index (χ1) is 12.1. The molecule has 3 rings (SSSR count). The van der Waals surface area contributed by atoms with Crippen LogP contribution in [-0.2, 0) is 24.2 Å². The summed E-state index contributed by atoms with van der Waals surface area (Å²) >= 11 is 2.99. The minimum Gasteiger partial charge on any atom is -0.352 e. The lowest BCUT2D eigenvalue weighted by Gasteiger charge is -2.15. The van der Waals surface area contributed by atoms with Crippen LogP contribution in [0.25, 0.3) is 10.2 Å². The summed E-state index contributed by atoms with van der Waals surface area (Å²) in [4.78, 5) is 32.1. The Morgan fingerprint density at radius 3 is 2.96 bits per heavy atom. The molecule has 0 aromatic carbocycles. The van der Waals surface area contributed by atoms with Gasteiger partial charge in [-0.1, -0.05) is 17.8 Å². The highest BCUT2D eigenvalue weighted by Gasteiger charge is 2.23. The van der Waals surface area contributed by atoms with Crippen molar-refractivity contribution in [2.45, 2.75) is 56.5 Å². The molecule has 0 bridgehead atoms. The van der Waals surface area contributed by atoms with Crippen molar-refractivity contribution >= 4 is 39.2 Å². The number of thiophene rings is 1. The minimum absolute atomic E-state index is 0.0353. The predicted molar refractivity (Wildman–Crippen MR) is 105 cm³/mol. The maximum absolute atomic E-state index is 13.0. The van der Waals surface area contributed by atoms with E-state index in [0.29, 0.717) is 18.2 Å². The number of fused-ring (bicyclic) bond motifs is 3. The van der Waals surface area contributed by atoms with Crippen LogP contribution in [0.2, 0.25) is 0 Å². The number of nitrogens with zero attached hydrogens (tertiary/aromatic N) is 2. The summed E-state index contributed by atoms with van der Waals surface area (Å²) in [6.07, 6.45) is 6.00. The second kappa shape index (κ2) is 7.74. The molecule has 2 aromatic rings. The number of carbonyl (C=O) groups is 1. The Morgan fingerprint density at radius 1 is 1.48 bits per heavy atom. The van der Waals surface area contributed by atoms with Crippen LogP contribution in [0, 0.1) is 0 Å². The average Bonchev–Trinajstić information content (AvgIpc) is 2.98. The second-order valence-electron chi connectivity index (χ2n) is 6.13. The summed E-state index contributed by atoms with van der Waals surface area (Å²) in [5.74, 6) is -0.0765. The molecular weight excluding hydrogens is 354 g/mol. The van der Waals surface area contributed by atoms with Gasteiger partial charge in [-0.3, -0.25) is 14.2 Å². The normalized spacial score (nSPS) is 15.0. The third-order valence-electron chi connectivity index (χ3n) is 4.43. The first kappa shape index (κ1) is 18.2. The van der Waals surface area contributed by atoms with Gasteiger partial charge in [-0.2, -0.15) is 0 Å².